The van der Waals surface area contributed by atoms with Gasteiger partial charge in [-0.15, -0.1) is 0 Å². The molecular weight excluding hydrogens is 310 g/mol. The van der Waals surface area contributed by atoms with Crippen LogP contribution in [0.2, 0.25) is 5.02 Å². The molecule has 116 valence electrons. The topological polar surface area (TPSA) is 33.2 Å². The second kappa shape index (κ2) is 7.31. The summed E-state index contributed by atoms with van der Waals surface area (Å²) < 4.78 is 25.6. The minimum atomic E-state index is -2.63. The monoisotopic (exact) mass is 324 g/mol. The second-order valence-corrected chi connectivity index (χ2v) is 5.29. The van der Waals surface area contributed by atoms with E-state index in [-0.39, 0.29) is 6.42 Å². The van der Waals surface area contributed by atoms with E-state index in [4.69, 9.17) is 11.6 Å². The average molecular weight is 325 g/mol. The highest BCUT2D eigenvalue weighted by atomic mass is 35.5. The Morgan fingerprint density at radius 1 is 1.36 bits per heavy atom. The molecule has 22 heavy (non-hydrogen) atoms. The fourth-order valence-electron chi connectivity index (χ4n) is 2.07. The summed E-state index contributed by atoms with van der Waals surface area (Å²) in [5.74, 6) is -0.418. The number of nitrogens with zero attached hydrogens (tertiary/aromatic N) is 2. The summed E-state index contributed by atoms with van der Waals surface area (Å²) in [4.78, 5) is 17.5. The van der Waals surface area contributed by atoms with E-state index in [0.29, 0.717) is 16.3 Å². The van der Waals surface area contributed by atoms with Crippen LogP contribution < -0.4 is 4.90 Å². The fourth-order valence-corrected chi connectivity index (χ4v) is 2.26. The average Bonchev–Trinajstić information content (AvgIpc) is 2.47. The summed E-state index contributed by atoms with van der Waals surface area (Å²) in [7, 11) is 0. The molecule has 2 aromatic rings. The molecule has 1 aromatic carbocycles. The lowest BCUT2D eigenvalue weighted by Gasteiger charge is -2.23. The minimum absolute atomic E-state index is 0.0128. The van der Waals surface area contributed by atoms with Gasteiger partial charge in [-0.2, -0.15) is 0 Å². The Morgan fingerprint density at radius 2 is 2.14 bits per heavy atom. The third-order valence-electron chi connectivity index (χ3n) is 3.23. The van der Waals surface area contributed by atoms with Crippen molar-refractivity contribution in [3.8, 4) is 0 Å². The van der Waals surface area contributed by atoms with Crippen LogP contribution in [-0.2, 0) is 11.2 Å². The number of halogens is 3. The Kier molecular flexibility index (Phi) is 5.44. The van der Waals surface area contributed by atoms with Crippen LogP contribution in [-0.4, -0.2) is 23.9 Å². The molecule has 0 aliphatic heterocycles. The lowest BCUT2D eigenvalue weighted by molar-refractivity contribution is -0.118. The molecule has 0 bridgehead atoms. The molecule has 0 aliphatic carbocycles. The van der Waals surface area contributed by atoms with Gasteiger partial charge in [-0.05, 0) is 42.3 Å². The first kappa shape index (κ1) is 16.4. The van der Waals surface area contributed by atoms with E-state index in [0.717, 1.165) is 10.5 Å². The predicted octanol–water partition coefficient (Wildman–Crippen LogP) is 3.88. The highest BCUT2D eigenvalue weighted by Gasteiger charge is 2.21. The Morgan fingerprint density at radius 3 is 2.77 bits per heavy atom. The van der Waals surface area contributed by atoms with Crippen molar-refractivity contribution in [1.82, 2.24) is 4.98 Å². The van der Waals surface area contributed by atoms with Crippen LogP contribution in [0.25, 0.3) is 0 Å². The molecule has 1 amide bonds. The van der Waals surface area contributed by atoms with Gasteiger partial charge in [0.1, 0.15) is 0 Å². The molecule has 6 heteroatoms. The normalized spacial score (nSPS) is 10.8. The van der Waals surface area contributed by atoms with Crippen molar-refractivity contribution in [2.75, 3.05) is 11.4 Å². The molecule has 1 aromatic heterocycles. The molecule has 0 aliphatic rings. The number of alkyl halides is 2. The van der Waals surface area contributed by atoms with Crippen LogP contribution in [0.5, 0.6) is 0 Å². The quantitative estimate of drug-likeness (QED) is 0.836. The number of hydrogen-bond donors (Lipinski definition) is 0. The Bertz CT molecular complexity index is 664. The van der Waals surface area contributed by atoms with E-state index in [1.54, 1.807) is 36.7 Å². The first-order valence-electron chi connectivity index (χ1n) is 6.71. The third-order valence-corrected chi connectivity index (χ3v) is 3.47. The predicted molar refractivity (Wildman–Crippen MR) is 82.5 cm³/mol. The number of rotatable bonds is 5. The first-order valence-corrected chi connectivity index (χ1v) is 7.08. The van der Waals surface area contributed by atoms with Crippen molar-refractivity contribution in [2.45, 2.75) is 19.8 Å². The Hall–Kier alpha value is -2.01. The molecule has 0 unspecified atom stereocenters. The largest absolute Gasteiger partial charge is 0.306 e. The lowest BCUT2D eigenvalue weighted by atomic mass is 10.1. The smallest absolute Gasteiger partial charge is 0.256 e. The van der Waals surface area contributed by atoms with E-state index < -0.39 is 18.9 Å². The zero-order valence-electron chi connectivity index (χ0n) is 12.0. The van der Waals surface area contributed by atoms with E-state index >= 15 is 0 Å². The summed E-state index contributed by atoms with van der Waals surface area (Å²) >= 11 is 5.88. The SMILES string of the molecule is Cc1ccncc1CC(=O)N(CC(F)F)c1cccc(Cl)c1. The first-order chi connectivity index (χ1) is 10.5. The molecule has 0 radical (unpaired) electrons. The van der Waals surface area contributed by atoms with E-state index in [1.807, 2.05) is 6.92 Å². The summed E-state index contributed by atoms with van der Waals surface area (Å²) in [5, 5.41) is 0.391. The number of aryl methyl sites for hydroxylation is 1. The van der Waals surface area contributed by atoms with Gasteiger partial charge in [0.15, 0.2) is 0 Å². The van der Waals surface area contributed by atoms with Crippen molar-refractivity contribution in [3.05, 3.63) is 58.9 Å². The Labute approximate surface area is 132 Å². The van der Waals surface area contributed by atoms with Gasteiger partial charge < -0.3 is 4.90 Å². The van der Waals surface area contributed by atoms with Crippen LogP contribution in [0.1, 0.15) is 11.1 Å². The summed E-state index contributed by atoms with van der Waals surface area (Å²) in [6.45, 7) is 1.18. The van der Waals surface area contributed by atoms with Crippen molar-refractivity contribution < 1.29 is 13.6 Å². The number of benzene rings is 1. The molecule has 0 atom stereocenters. The molecule has 0 saturated carbocycles. The number of anilines is 1. The lowest BCUT2D eigenvalue weighted by Crippen LogP contribution is -2.36. The standard InChI is InChI=1S/C16H15ClF2N2O/c1-11-5-6-20-9-12(11)7-16(22)21(10-15(18)19)14-4-2-3-13(17)8-14/h2-6,8-9,15H,7,10H2,1H3. The van der Waals surface area contributed by atoms with Crippen molar-refractivity contribution in [2.24, 2.45) is 0 Å². The number of amides is 1. The van der Waals surface area contributed by atoms with Crippen LogP contribution in [0.3, 0.4) is 0 Å². The van der Waals surface area contributed by atoms with Gasteiger partial charge in [0.05, 0.1) is 13.0 Å². The number of hydrogen-bond acceptors (Lipinski definition) is 2. The van der Waals surface area contributed by atoms with Crippen LogP contribution in [0, 0.1) is 6.92 Å². The summed E-state index contributed by atoms with van der Waals surface area (Å²) in [6, 6.07) is 8.11. The maximum atomic E-state index is 12.8. The molecule has 0 N–H and O–H groups in total. The van der Waals surface area contributed by atoms with Gasteiger partial charge in [0.25, 0.3) is 6.43 Å². The minimum Gasteiger partial charge on any atom is -0.306 e. The van der Waals surface area contributed by atoms with Crippen molar-refractivity contribution in [1.29, 1.82) is 0 Å². The van der Waals surface area contributed by atoms with Gasteiger partial charge in [0, 0.05) is 23.1 Å². The third kappa shape index (κ3) is 4.24. The highest BCUT2D eigenvalue weighted by Crippen LogP contribution is 2.22. The van der Waals surface area contributed by atoms with Gasteiger partial charge in [0.2, 0.25) is 5.91 Å². The van der Waals surface area contributed by atoms with E-state index in [2.05, 4.69) is 4.98 Å². The summed E-state index contributed by atoms with van der Waals surface area (Å²) in [6.07, 6.45) is 0.583. The maximum absolute atomic E-state index is 12.8. The highest BCUT2D eigenvalue weighted by molar-refractivity contribution is 6.30. The molecule has 0 spiro atoms. The van der Waals surface area contributed by atoms with Crippen molar-refractivity contribution in [3.63, 3.8) is 0 Å². The van der Waals surface area contributed by atoms with E-state index in [1.165, 1.54) is 6.07 Å². The summed E-state index contributed by atoms with van der Waals surface area (Å²) in [5.41, 5.74) is 1.97. The van der Waals surface area contributed by atoms with Crippen LogP contribution in [0.15, 0.2) is 42.7 Å². The molecule has 2 rings (SSSR count). The van der Waals surface area contributed by atoms with E-state index in [9.17, 15) is 13.6 Å². The zero-order valence-corrected chi connectivity index (χ0v) is 12.7. The molecule has 0 fully saturated rings. The Balaban J connectivity index is 2.25. The number of carbonyl (C=O) groups is 1. The van der Waals surface area contributed by atoms with Gasteiger partial charge in [-0.3, -0.25) is 9.78 Å². The number of aromatic nitrogens is 1. The maximum Gasteiger partial charge on any atom is 0.256 e. The number of carbonyl (C=O) groups excluding carboxylic acids is 1. The van der Waals surface area contributed by atoms with Crippen LogP contribution in [0.4, 0.5) is 14.5 Å². The fraction of sp³-hybridized carbons (Fsp3) is 0.250. The molecular formula is C16H15ClF2N2O. The molecule has 3 nitrogen and oxygen atoms in total. The van der Waals surface area contributed by atoms with Gasteiger partial charge >= 0.3 is 0 Å². The van der Waals surface area contributed by atoms with Crippen molar-refractivity contribution >= 4 is 23.2 Å². The van der Waals surface area contributed by atoms with Crippen LogP contribution >= 0.6 is 11.6 Å². The number of pyridine rings is 1. The molecule has 0 saturated heterocycles. The van der Waals surface area contributed by atoms with Gasteiger partial charge in [-0.1, -0.05) is 17.7 Å². The second-order valence-electron chi connectivity index (χ2n) is 4.85. The zero-order chi connectivity index (χ0) is 16.1. The molecule has 1 heterocycles. The van der Waals surface area contributed by atoms with Gasteiger partial charge in [-0.25, -0.2) is 8.78 Å².